The Hall–Kier alpha value is -2.64. The van der Waals surface area contributed by atoms with E-state index in [2.05, 4.69) is 10.6 Å². The number of halogens is 2. The molecule has 0 saturated heterocycles. The Balaban J connectivity index is 1.85. The predicted octanol–water partition coefficient (Wildman–Crippen LogP) is 3.06. The lowest BCUT2D eigenvalue weighted by Gasteiger charge is -2.20. The fourth-order valence-corrected chi connectivity index (χ4v) is 2.68. The van der Waals surface area contributed by atoms with Gasteiger partial charge in [0.25, 0.3) is 0 Å². The molecule has 0 aliphatic rings. The first-order chi connectivity index (χ1) is 13.4. The molecule has 28 heavy (non-hydrogen) atoms. The number of nitrogens with one attached hydrogen (secondary N) is 2. The van der Waals surface area contributed by atoms with Gasteiger partial charge >= 0.3 is 0 Å². The van der Waals surface area contributed by atoms with Crippen LogP contribution in [0.3, 0.4) is 0 Å². The molecule has 6 nitrogen and oxygen atoms in total. The number of carbonyl (C=O) groups excluding carboxylic acids is 2. The monoisotopic (exact) mass is 407 g/mol. The van der Waals surface area contributed by atoms with Crippen molar-refractivity contribution in [1.29, 1.82) is 0 Å². The fourth-order valence-electron chi connectivity index (χ4n) is 2.51. The van der Waals surface area contributed by atoms with Crippen LogP contribution in [0.5, 0.6) is 5.75 Å². The van der Waals surface area contributed by atoms with Gasteiger partial charge in [-0.05, 0) is 42.4 Å². The smallest absolute Gasteiger partial charge is 0.238 e. The van der Waals surface area contributed by atoms with Crippen molar-refractivity contribution in [3.63, 3.8) is 0 Å². The van der Waals surface area contributed by atoms with Gasteiger partial charge in [-0.15, -0.1) is 0 Å². The summed E-state index contributed by atoms with van der Waals surface area (Å²) in [7, 11) is 1.50. The Morgan fingerprint density at radius 3 is 2.43 bits per heavy atom. The molecule has 2 N–H and O–H groups in total. The molecule has 0 atom stereocenters. The number of hydrogen-bond acceptors (Lipinski definition) is 4. The van der Waals surface area contributed by atoms with E-state index in [0.717, 1.165) is 5.56 Å². The molecule has 2 aromatic carbocycles. The third-order valence-corrected chi connectivity index (χ3v) is 4.26. The number of nitrogens with zero attached hydrogens (tertiary/aromatic N) is 1. The van der Waals surface area contributed by atoms with E-state index in [1.54, 1.807) is 35.2 Å². The van der Waals surface area contributed by atoms with Gasteiger partial charge in [-0.1, -0.05) is 30.7 Å². The second-order valence-electron chi connectivity index (χ2n) is 6.10. The molecule has 0 bridgehead atoms. The number of hydrogen-bond donors (Lipinski definition) is 2. The normalized spacial score (nSPS) is 10.6. The molecule has 0 aliphatic carbocycles. The number of benzene rings is 2. The van der Waals surface area contributed by atoms with Gasteiger partial charge in [0.2, 0.25) is 11.8 Å². The Kier molecular flexibility index (Phi) is 8.22. The Morgan fingerprint density at radius 1 is 1.11 bits per heavy atom. The molecule has 2 aromatic rings. The van der Waals surface area contributed by atoms with E-state index in [-0.39, 0.29) is 30.7 Å². The van der Waals surface area contributed by atoms with Crippen LogP contribution in [0, 0.1) is 5.82 Å². The van der Waals surface area contributed by atoms with E-state index in [4.69, 9.17) is 16.3 Å². The fraction of sp³-hybridized carbons (Fsp3) is 0.300. The predicted molar refractivity (Wildman–Crippen MR) is 107 cm³/mol. The summed E-state index contributed by atoms with van der Waals surface area (Å²) in [5.41, 5.74) is 1.26. The molecule has 0 aliphatic heterocycles. The quantitative estimate of drug-likeness (QED) is 0.670. The van der Waals surface area contributed by atoms with Crippen LogP contribution in [0.2, 0.25) is 5.02 Å². The molecular weight excluding hydrogens is 385 g/mol. The highest BCUT2D eigenvalue weighted by Gasteiger charge is 2.15. The Morgan fingerprint density at radius 2 is 1.79 bits per heavy atom. The van der Waals surface area contributed by atoms with Crippen molar-refractivity contribution in [3.8, 4) is 5.75 Å². The van der Waals surface area contributed by atoms with Crippen molar-refractivity contribution in [2.75, 3.05) is 32.1 Å². The molecule has 2 amide bonds. The molecule has 0 unspecified atom stereocenters. The molecule has 0 fully saturated rings. The summed E-state index contributed by atoms with van der Waals surface area (Å²) in [6, 6.07) is 10.8. The minimum Gasteiger partial charge on any atom is -0.495 e. The van der Waals surface area contributed by atoms with E-state index < -0.39 is 0 Å². The van der Waals surface area contributed by atoms with Crippen LogP contribution in [0.15, 0.2) is 42.5 Å². The molecule has 0 aromatic heterocycles. The van der Waals surface area contributed by atoms with E-state index in [0.29, 0.717) is 29.5 Å². The van der Waals surface area contributed by atoms with Gasteiger partial charge in [0.05, 0.1) is 25.9 Å². The number of likely N-dealkylation sites (N-methyl/N-ethyl adjacent to an activating group) is 1. The van der Waals surface area contributed by atoms with E-state index in [1.165, 1.54) is 19.2 Å². The third kappa shape index (κ3) is 6.83. The molecule has 0 heterocycles. The highest BCUT2D eigenvalue weighted by molar-refractivity contribution is 6.31. The zero-order valence-corrected chi connectivity index (χ0v) is 16.6. The van der Waals surface area contributed by atoms with Gasteiger partial charge in [0, 0.05) is 11.6 Å². The molecule has 0 radical (unpaired) electrons. The van der Waals surface area contributed by atoms with E-state index >= 15 is 0 Å². The van der Waals surface area contributed by atoms with Crippen LogP contribution < -0.4 is 15.4 Å². The summed E-state index contributed by atoms with van der Waals surface area (Å²) in [4.78, 5) is 26.2. The summed E-state index contributed by atoms with van der Waals surface area (Å²) in [6.45, 7) is 2.78. The second kappa shape index (κ2) is 10.6. The minimum atomic E-state index is -0.324. The molecule has 150 valence electrons. The van der Waals surface area contributed by atoms with Gasteiger partial charge < -0.3 is 15.4 Å². The summed E-state index contributed by atoms with van der Waals surface area (Å²) < 4.78 is 18.1. The first-order valence-electron chi connectivity index (χ1n) is 8.78. The van der Waals surface area contributed by atoms with E-state index in [9.17, 15) is 14.0 Å². The maximum Gasteiger partial charge on any atom is 0.238 e. The molecular formula is C20H23ClFN3O3. The lowest BCUT2D eigenvalue weighted by atomic mass is 10.2. The van der Waals surface area contributed by atoms with Crippen LogP contribution in [-0.4, -0.2) is 43.5 Å². The maximum atomic E-state index is 12.9. The van der Waals surface area contributed by atoms with E-state index in [1.807, 2.05) is 6.92 Å². The molecule has 2 rings (SSSR count). The highest BCUT2D eigenvalue weighted by Crippen LogP contribution is 2.27. The van der Waals surface area contributed by atoms with Crippen molar-refractivity contribution in [2.24, 2.45) is 0 Å². The highest BCUT2D eigenvalue weighted by atomic mass is 35.5. The molecule has 0 saturated carbocycles. The number of methoxy groups -OCH3 is 1. The molecule has 0 spiro atoms. The van der Waals surface area contributed by atoms with Gasteiger partial charge in [-0.25, -0.2) is 4.39 Å². The zero-order chi connectivity index (χ0) is 20.5. The maximum absolute atomic E-state index is 12.9. The molecule has 8 heteroatoms. The number of carbonyl (C=O) groups is 2. The minimum absolute atomic E-state index is 0.0378. The number of ether oxygens (including phenoxy) is 1. The first kappa shape index (κ1) is 21.7. The first-order valence-corrected chi connectivity index (χ1v) is 9.16. The van der Waals surface area contributed by atoms with Gasteiger partial charge in [0.1, 0.15) is 11.6 Å². The van der Waals surface area contributed by atoms with Crippen LogP contribution in [0.4, 0.5) is 10.1 Å². The lowest BCUT2D eigenvalue weighted by Crippen LogP contribution is -2.40. The van der Waals surface area contributed by atoms with Crippen LogP contribution in [-0.2, 0) is 16.1 Å². The Bertz CT molecular complexity index is 815. The summed E-state index contributed by atoms with van der Waals surface area (Å²) in [6.07, 6.45) is 0. The van der Waals surface area contributed by atoms with Crippen molar-refractivity contribution >= 4 is 29.1 Å². The van der Waals surface area contributed by atoms with Gasteiger partial charge in [0.15, 0.2) is 0 Å². The van der Waals surface area contributed by atoms with Crippen LogP contribution in [0.25, 0.3) is 0 Å². The van der Waals surface area contributed by atoms with Crippen molar-refractivity contribution in [1.82, 2.24) is 10.2 Å². The SMILES string of the molecule is CCN(CC(=O)NCc1ccc(F)cc1)CC(=O)Nc1cc(Cl)ccc1OC. The largest absolute Gasteiger partial charge is 0.495 e. The zero-order valence-electron chi connectivity index (χ0n) is 15.8. The summed E-state index contributed by atoms with van der Waals surface area (Å²) in [5.74, 6) is -0.333. The van der Waals surface area contributed by atoms with Crippen molar-refractivity contribution < 1.29 is 18.7 Å². The number of rotatable bonds is 9. The second-order valence-corrected chi connectivity index (χ2v) is 6.54. The van der Waals surface area contributed by atoms with Crippen LogP contribution >= 0.6 is 11.6 Å². The summed E-state index contributed by atoms with van der Waals surface area (Å²) in [5, 5.41) is 5.98. The average molecular weight is 408 g/mol. The summed E-state index contributed by atoms with van der Waals surface area (Å²) >= 11 is 5.96. The third-order valence-electron chi connectivity index (χ3n) is 4.02. The topological polar surface area (TPSA) is 70.7 Å². The number of anilines is 1. The lowest BCUT2D eigenvalue weighted by molar-refractivity contribution is -0.123. The standard InChI is InChI=1S/C20H23ClFN3O3/c1-3-25(12-19(26)23-11-14-4-7-16(22)8-5-14)13-20(27)24-17-10-15(21)6-9-18(17)28-2/h4-10H,3,11-13H2,1-2H3,(H,23,26)(H,24,27). The van der Waals surface area contributed by atoms with Gasteiger partial charge in [-0.3, -0.25) is 14.5 Å². The van der Waals surface area contributed by atoms with Crippen molar-refractivity contribution in [2.45, 2.75) is 13.5 Å². The Labute approximate surface area is 168 Å². The van der Waals surface area contributed by atoms with Crippen molar-refractivity contribution in [3.05, 3.63) is 58.9 Å². The number of amides is 2. The van der Waals surface area contributed by atoms with Gasteiger partial charge in [-0.2, -0.15) is 0 Å². The van der Waals surface area contributed by atoms with Crippen LogP contribution in [0.1, 0.15) is 12.5 Å². The average Bonchev–Trinajstić information content (AvgIpc) is 2.67.